The van der Waals surface area contributed by atoms with E-state index >= 15 is 0 Å². The van der Waals surface area contributed by atoms with Crippen LogP contribution in [-0.4, -0.2) is 63.4 Å². The zero-order chi connectivity index (χ0) is 14.7. The number of piperazine rings is 1. The third-order valence-corrected chi connectivity index (χ3v) is 3.99. The molecule has 6 heteroatoms. The molecule has 0 spiro atoms. The summed E-state index contributed by atoms with van der Waals surface area (Å²) in [7, 11) is 1.70. The summed E-state index contributed by atoms with van der Waals surface area (Å²) in [5.74, 6) is 0.905. The van der Waals surface area contributed by atoms with Gasteiger partial charge in [-0.2, -0.15) is 0 Å². The van der Waals surface area contributed by atoms with Crippen molar-refractivity contribution < 1.29 is 9.47 Å². The SMILES string of the molecule is COc1cccc(N2CCN(CC3CN=C(N)O3)CC2)c1. The summed E-state index contributed by atoms with van der Waals surface area (Å²) in [4.78, 5) is 8.89. The first-order valence-corrected chi connectivity index (χ1v) is 7.32. The van der Waals surface area contributed by atoms with Crippen LogP contribution < -0.4 is 15.4 Å². The van der Waals surface area contributed by atoms with E-state index in [-0.39, 0.29) is 6.10 Å². The van der Waals surface area contributed by atoms with E-state index in [1.165, 1.54) is 5.69 Å². The molecule has 0 radical (unpaired) electrons. The van der Waals surface area contributed by atoms with Gasteiger partial charge in [-0.1, -0.05) is 6.07 Å². The molecule has 1 aromatic carbocycles. The zero-order valence-electron chi connectivity index (χ0n) is 12.4. The average molecular weight is 290 g/mol. The van der Waals surface area contributed by atoms with E-state index in [4.69, 9.17) is 15.2 Å². The van der Waals surface area contributed by atoms with Crippen molar-refractivity contribution in [2.45, 2.75) is 6.10 Å². The van der Waals surface area contributed by atoms with Gasteiger partial charge in [0.15, 0.2) is 0 Å². The number of rotatable bonds is 4. The molecule has 0 amide bonds. The standard InChI is InChI=1S/C15H22N4O2/c1-20-13-4-2-3-12(9-13)19-7-5-18(6-8-19)11-14-10-17-15(16)21-14/h2-4,9,14H,5-8,10-11H2,1H3,(H2,16,17). The molecule has 1 unspecified atom stereocenters. The molecule has 1 saturated heterocycles. The van der Waals surface area contributed by atoms with Gasteiger partial charge in [-0.25, -0.2) is 4.99 Å². The van der Waals surface area contributed by atoms with E-state index in [0.717, 1.165) is 38.5 Å². The summed E-state index contributed by atoms with van der Waals surface area (Å²) < 4.78 is 10.7. The number of amidine groups is 1. The van der Waals surface area contributed by atoms with Crippen LogP contribution in [-0.2, 0) is 4.74 Å². The maximum absolute atomic E-state index is 5.54. The predicted octanol–water partition coefficient (Wildman–Crippen LogP) is 0.531. The number of nitrogens with zero attached hydrogens (tertiary/aromatic N) is 3. The normalized spacial score (nSPS) is 22.8. The highest BCUT2D eigenvalue weighted by atomic mass is 16.5. The maximum atomic E-state index is 5.54. The number of methoxy groups -OCH3 is 1. The summed E-state index contributed by atoms with van der Waals surface area (Å²) in [5, 5.41) is 0. The third kappa shape index (κ3) is 3.39. The third-order valence-electron chi connectivity index (χ3n) is 3.99. The Morgan fingerprint density at radius 2 is 2.14 bits per heavy atom. The van der Waals surface area contributed by atoms with Crippen molar-refractivity contribution in [1.29, 1.82) is 0 Å². The van der Waals surface area contributed by atoms with Gasteiger partial charge < -0.3 is 20.1 Å². The van der Waals surface area contributed by atoms with Crippen molar-refractivity contribution in [3.05, 3.63) is 24.3 Å². The Kier molecular flexibility index (Phi) is 4.15. The van der Waals surface area contributed by atoms with Crippen LogP contribution in [0.4, 0.5) is 5.69 Å². The fraction of sp³-hybridized carbons (Fsp3) is 0.533. The topological polar surface area (TPSA) is 63.3 Å². The Hall–Kier alpha value is -1.95. The van der Waals surface area contributed by atoms with Crippen LogP contribution in [0.2, 0.25) is 0 Å². The molecule has 2 aliphatic rings. The van der Waals surface area contributed by atoms with Crippen LogP contribution in [0.15, 0.2) is 29.3 Å². The van der Waals surface area contributed by atoms with Crippen molar-refractivity contribution >= 4 is 11.7 Å². The molecule has 21 heavy (non-hydrogen) atoms. The van der Waals surface area contributed by atoms with E-state index in [0.29, 0.717) is 12.6 Å². The van der Waals surface area contributed by atoms with Crippen molar-refractivity contribution in [3.8, 4) is 5.75 Å². The number of benzene rings is 1. The van der Waals surface area contributed by atoms with Gasteiger partial charge in [0.1, 0.15) is 11.9 Å². The molecular weight excluding hydrogens is 268 g/mol. The molecule has 6 nitrogen and oxygen atoms in total. The van der Waals surface area contributed by atoms with Crippen LogP contribution in [0, 0.1) is 0 Å². The fourth-order valence-corrected chi connectivity index (χ4v) is 2.82. The lowest BCUT2D eigenvalue weighted by Gasteiger charge is -2.36. The van der Waals surface area contributed by atoms with E-state index in [1.807, 2.05) is 12.1 Å². The van der Waals surface area contributed by atoms with Gasteiger partial charge in [0.05, 0.1) is 13.7 Å². The minimum atomic E-state index is 0.119. The van der Waals surface area contributed by atoms with Gasteiger partial charge >= 0.3 is 0 Å². The van der Waals surface area contributed by atoms with Crippen LogP contribution in [0.1, 0.15) is 0 Å². The summed E-state index contributed by atoms with van der Waals surface area (Å²) in [5.41, 5.74) is 6.77. The van der Waals surface area contributed by atoms with Crippen molar-refractivity contribution in [2.24, 2.45) is 10.7 Å². The van der Waals surface area contributed by atoms with Crippen LogP contribution >= 0.6 is 0 Å². The fourth-order valence-electron chi connectivity index (χ4n) is 2.82. The van der Waals surface area contributed by atoms with Crippen molar-refractivity contribution in [3.63, 3.8) is 0 Å². The lowest BCUT2D eigenvalue weighted by atomic mass is 10.2. The molecule has 2 heterocycles. The zero-order valence-corrected chi connectivity index (χ0v) is 12.4. The van der Waals surface area contributed by atoms with E-state index < -0.39 is 0 Å². The number of anilines is 1. The molecular formula is C15H22N4O2. The van der Waals surface area contributed by atoms with Crippen molar-refractivity contribution in [2.75, 3.05) is 51.3 Å². The van der Waals surface area contributed by atoms with Crippen LogP contribution in [0.25, 0.3) is 0 Å². The quantitative estimate of drug-likeness (QED) is 0.876. The van der Waals surface area contributed by atoms with E-state index in [1.54, 1.807) is 7.11 Å². The van der Waals surface area contributed by atoms with Gasteiger partial charge in [0.2, 0.25) is 0 Å². The Labute approximate surface area is 125 Å². The van der Waals surface area contributed by atoms with Gasteiger partial charge in [-0.05, 0) is 12.1 Å². The molecule has 0 bridgehead atoms. The van der Waals surface area contributed by atoms with Gasteiger partial charge in [-0.15, -0.1) is 0 Å². The molecule has 2 N–H and O–H groups in total. The van der Waals surface area contributed by atoms with E-state index in [2.05, 4.69) is 26.9 Å². The molecule has 114 valence electrons. The molecule has 3 rings (SSSR count). The minimum Gasteiger partial charge on any atom is -0.497 e. The minimum absolute atomic E-state index is 0.119. The second-order valence-electron chi connectivity index (χ2n) is 5.41. The van der Waals surface area contributed by atoms with Crippen molar-refractivity contribution in [1.82, 2.24) is 4.90 Å². The lowest BCUT2D eigenvalue weighted by Crippen LogP contribution is -2.49. The summed E-state index contributed by atoms with van der Waals surface area (Å²) in [6.07, 6.45) is 0.119. The Bertz CT molecular complexity index is 512. The van der Waals surface area contributed by atoms with Gasteiger partial charge in [-0.3, -0.25) is 4.90 Å². The molecule has 0 saturated carbocycles. The summed E-state index contributed by atoms with van der Waals surface area (Å²) in [6.45, 7) is 5.65. The average Bonchev–Trinajstić information content (AvgIpc) is 2.93. The number of ether oxygens (including phenoxy) is 2. The van der Waals surface area contributed by atoms with Gasteiger partial charge in [0, 0.05) is 44.5 Å². The molecule has 1 atom stereocenters. The number of hydrogen-bond acceptors (Lipinski definition) is 6. The summed E-state index contributed by atoms with van der Waals surface area (Å²) in [6, 6.07) is 8.56. The first kappa shape index (κ1) is 14.0. The van der Waals surface area contributed by atoms with Crippen LogP contribution in [0.3, 0.4) is 0 Å². The lowest BCUT2D eigenvalue weighted by molar-refractivity contribution is 0.139. The molecule has 1 fully saturated rings. The van der Waals surface area contributed by atoms with Crippen LogP contribution in [0.5, 0.6) is 5.75 Å². The smallest absolute Gasteiger partial charge is 0.282 e. The highest BCUT2D eigenvalue weighted by molar-refractivity contribution is 5.73. The largest absolute Gasteiger partial charge is 0.497 e. The Morgan fingerprint density at radius 3 is 2.81 bits per heavy atom. The second-order valence-corrected chi connectivity index (χ2v) is 5.41. The first-order valence-electron chi connectivity index (χ1n) is 7.32. The number of hydrogen-bond donors (Lipinski definition) is 1. The predicted molar refractivity (Wildman–Crippen MR) is 83.0 cm³/mol. The number of nitrogens with two attached hydrogens (primary N) is 1. The molecule has 0 aromatic heterocycles. The monoisotopic (exact) mass is 290 g/mol. The summed E-state index contributed by atoms with van der Waals surface area (Å²) >= 11 is 0. The molecule has 0 aliphatic carbocycles. The molecule has 1 aromatic rings. The second kappa shape index (κ2) is 6.22. The van der Waals surface area contributed by atoms with Gasteiger partial charge in [0.25, 0.3) is 6.02 Å². The first-order chi connectivity index (χ1) is 10.2. The highest BCUT2D eigenvalue weighted by Gasteiger charge is 2.24. The Balaban J connectivity index is 1.50. The Morgan fingerprint density at radius 1 is 1.33 bits per heavy atom. The molecule has 2 aliphatic heterocycles. The highest BCUT2D eigenvalue weighted by Crippen LogP contribution is 2.22. The number of aliphatic imine (C=N–C) groups is 1. The van der Waals surface area contributed by atoms with E-state index in [9.17, 15) is 0 Å². The maximum Gasteiger partial charge on any atom is 0.282 e.